The van der Waals surface area contributed by atoms with Crippen molar-refractivity contribution in [3.05, 3.63) is 0 Å². The summed E-state index contributed by atoms with van der Waals surface area (Å²) in [6.07, 6.45) is 0. The van der Waals surface area contributed by atoms with E-state index in [1.165, 1.54) is 0 Å². The summed E-state index contributed by atoms with van der Waals surface area (Å²) >= 11 is 0. The maximum atomic E-state index is 0. The minimum atomic E-state index is 0. The van der Waals surface area contributed by atoms with E-state index in [1.54, 1.807) is 0 Å². The van der Waals surface area contributed by atoms with Gasteiger partial charge >= 0.3 is 0 Å². The SMILES string of the molecule is P.[Fe].[Li].[Mn]. The van der Waals surface area contributed by atoms with Crippen LogP contribution in [0.25, 0.3) is 0 Å². The van der Waals surface area contributed by atoms with Crippen LogP contribution in [-0.4, -0.2) is 18.9 Å². The van der Waals surface area contributed by atoms with Crippen molar-refractivity contribution >= 4 is 28.8 Å². The van der Waals surface area contributed by atoms with E-state index in [4.69, 9.17) is 0 Å². The third kappa shape index (κ3) is 8.95. The van der Waals surface area contributed by atoms with Crippen molar-refractivity contribution in [2.45, 2.75) is 0 Å². The van der Waals surface area contributed by atoms with Gasteiger partial charge in [-0.1, -0.05) is 0 Å². The third-order valence-electron chi connectivity index (χ3n) is 0. The van der Waals surface area contributed by atoms with Crippen molar-refractivity contribution in [2.75, 3.05) is 0 Å². The number of hydrogen-bond acceptors (Lipinski definition) is 0. The van der Waals surface area contributed by atoms with Crippen molar-refractivity contribution in [3.8, 4) is 0 Å². The zero-order chi connectivity index (χ0) is 0. The molecule has 0 aromatic heterocycles. The minimum Gasteiger partial charge on any atom is -0.153 e. The summed E-state index contributed by atoms with van der Waals surface area (Å²) in [5.74, 6) is 0. The van der Waals surface area contributed by atoms with Gasteiger partial charge in [0.2, 0.25) is 0 Å². The van der Waals surface area contributed by atoms with Crippen molar-refractivity contribution < 1.29 is 34.1 Å². The molecule has 0 aliphatic carbocycles. The monoisotopic (exact) mass is 152 g/mol. The van der Waals surface area contributed by atoms with Gasteiger partial charge in [-0.05, 0) is 0 Å². The second-order valence-corrected chi connectivity index (χ2v) is 0. The first kappa shape index (κ1) is 36.5. The molecule has 0 fully saturated rings. The Morgan fingerprint density at radius 1 is 1.00 bits per heavy atom. The van der Waals surface area contributed by atoms with Crippen molar-refractivity contribution in [1.29, 1.82) is 0 Å². The first-order valence-corrected chi connectivity index (χ1v) is 0. The van der Waals surface area contributed by atoms with Crippen molar-refractivity contribution in [2.24, 2.45) is 0 Å². The molecule has 24 valence electrons. The fourth-order valence-electron chi connectivity index (χ4n) is 0. The average Bonchev–Trinajstić information content (AvgIpc) is 0. The van der Waals surface area contributed by atoms with E-state index in [1.807, 2.05) is 0 Å². The molecule has 1 unspecified atom stereocenters. The Morgan fingerprint density at radius 2 is 1.00 bits per heavy atom. The molecule has 1 atom stereocenters. The van der Waals surface area contributed by atoms with Gasteiger partial charge in [-0.3, -0.25) is 0 Å². The van der Waals surface area contributed by atoms with Gasteiger partial charge in [0.1, 0.15) is 0 Å². The Balaban J connectivity index is 0. The van der Waals surface area contributed by atoms with Gasteiger partial charge in [0.25, 0.3) is 0 Å². The summed E-state index contributed by atoms with van der Waals surface area (Å²) in [6.45, 7) is 0. The molecule has 0 aliphatic rings. The van der Waals surface area contributed by atoms with Gasteiger partial charge in [0.05, 0.1) is 0 Å². The van der Waals surface area contributed by atoms with Crippen LogP contribution < -0.4 is 0 Å². The van der Waals surface area contributed by atoms with Crippen LogP contribution in [0.3, 0.4) is 0 Å². The first-order chi connectivity index (χ1) is 0. The van der Waals surface area contributed by atoms with E-state index < -0.39 is 0 Å². The number of hydrogen-bond donors (Lipinski definition) is 0. The standard InChI is InChI=1S/Fe.Li.Mn.H3P/h;;;1H3. The van der Waals surface area contributed by atoms with Gasteiger partial charge in [-0.2, -0.15) is 9.90 Å². The molecular formula is H3FeLiMnP. The summed E-state index contributed by atoms with van der Waals surface area (Å²) < 4.78 is 0. The Hall–Kier alpha value is 2.07. The summed E-state index contributed by atoms with van der Waals surface area (Å²) in [5, 5.41) is 0. The maximum absolute atomic E-state index is 0. The summed E-state index contributed by atoms with van der Waals surface area (Å²) in [7, 11) is 0. The van der Waals surface area contributed by atoms with Crippen LogP contribution in [-0.2, 0) is 34.1 Å². The summed E-state index contributed by atoms with van der Waals surface area (Å²) in [6, 6.07) is 0. The fraction of sp³-hybridized carbons (Fsp3) is 0. The molecule has 0 saturated heterocycles. The Labute approximate surface area is 62.6 Å². The van der Waals surface area contributed by atoms with Crippen LogP contribution in [0.1, 0.15) is 0 Å². The van der Waals surface area contributed by atoms with Crippen LogP contribution in [0.4, 0.5) is 0 Å². The summed E-state index contributed by atoms with van der Waals surface area (Å²) in [5.41, 5.74) is 0. The second kappa shape index (κ2) is 19.6. The topological polar surface area (TPSA) is 0 Å². The predicted molar refractivity (Wildman–Crippen MR) is 16.9 cm³/mol. The fourth-order valence-corrected chi connectivity index (χ4v) is 0. The Bertz CT molecular complexity index is 8.00. The molecule has 0 heterocycles. The molecule has 0 nitrogen and oxygen atoms in total. The van der Waals surface area contributed by atoms with E-state index >= 15 is 0 Å². The normalized spacial score (nSPS) is 0. The van der Waals surface area contributed by atoms with E-state index in [0.29, 0.717) is 0 Å². The molecule has 4 heavy (non-hydrogen) atoms. The Morgan fingerprint density at radius 3 is 1.00 bits per heavy atom. The smallest absolute Gasteiger partial charge is 0 e. The van der Waals surface area contributed by atoms with Crippen LogP contribution >= 0.6 is 9.90 Å². The summed E-state index contributed by atoms with van der Waals surface area (Å²) in [4.78, 5) is 0. The number of rotatable bonds is 0. The molecular weight excluding hydrogens is 149 g/mol. The van der Waals surface area contributed by atoms with Crippen LogP contribution in [0.15, 0.2) is 0 Å². The molecule has 0 aromatic rings. The van der Waals surface area contributed by atoms with Gasteiger partial charge in [0, 0.05) is 53.0 Å². The molecule has 0 N–H and O–H groups in total. The van der Waals surface area contributed by atoms with E-state index in [9.17, 15) is 0 Å². The molecule has 0 aliphatic heterocycles. The molecule has 0 amide bonds. The van der Waals surface area contributed by atoms with Gasteiger partial charge in [-0.25, -0.2) is 0 Å². The minimum absolute atomic E-state index is 0. The predicted octanol–water partition coefficient (Wildman–Crippen LogP) is -0.328. The van der Waals surface area contributed by atoms with Gasteiger partial charge in [0.15, 0.2) is 0 Å². The van der Waals surface area contributed by atoms with Crippen LogP contribution in [0.5, 0.6) is 0 Å². The molecule has 4 heteroatoms. The molecule has 0 aromatic carbocycles. The van der Waals surface area contributed by atoms with Crippen LogP contribution in [0, 0.1) is 0 Å². The van der Waals surface area contributed by atoms with E-state index in [0.717, 1.165) is 0 Å². The largest absolute Gasteiger partial charge is 0.153 e. The molecule has 0 bridgehead atoms. The molecule has 0 spiro atoms. The van der Waals surface area contributed by atoms with Crippen molar-refractivity contribution in [3.63, 3.8) is 0 Å². The van der Waals surface area contributed by atoms with E-state index in [-0.39, 0.29) is 62.9 Å². The average molecular weight is 152 g/mol. The maximum Gasteiger partial charge on any atom is 0 e. The second-order valence-electron chi connectivity index (χ2n) is 0. The quantitative estimate of drug-likeness (QED) is 0.329. The van der Waals surface area contributed by atoms with E-state index in [2.05, 4.69) is 0 Å². The van der Waals surface area contributed by atoms with Crippen LogP contribution in [0.2, 0.25) is 0 Å². The zero-order valence-electron chi connectivity index (χ0n) is 2.44. The zero-order valence-corrected chi connectivity index (χ0v) is 6.14. The molecule has 2 radical (unpaired) electrons. The van der Waals surface area contributed by atoms with Crippen molar-refractivity contribution in [1.82, 2.24) is 0 Å². The first-order valence-electron chi connectivity index (χ1n) is 0. The molecule has 0 saturated carbocycles. The Kier molecular flexibility index (Phi) is 179. The molecule has 0 rings (SSSR count). The van der Waals surface area contributed by atoms with Gasteiger partial charge < -0.3 is 0 Å². The third-order valence-corrected chi connectivity index (χ3v) is 0. The van der Waals surface area contributed by atoms with Gasteiger partial charge in [-0.15, -0.1) is 0 Å².